The first-order chi connectivity index (χ1) is 9.12. The fourth-order valence-electron chi connectivity index (χ4n) is 2.85. The zero-order chi connectivity index (χ0) is 13.3. The van der Waals surface area contributed by atoms with Crippen LogP contribution in [-0.2, 0) is 16.4 Å². The molecule has 1 fully saturated rings. The standard InChI is InChI=1S/C12H20N4O2S/c17-19(18)4-2-10(9-19)5-13-6-11-7-14-12-1-3-15-16(12)8-11/h1,3,10-11,13-14H,2,4-9H2. The van der Waals surface area contributed by atoms with E-state index in [9.17, 15) is 8.42 Å². The van der Waals surface area contributed by atoms with Gasteiger partial charge in [0.05, 0.1) is 17.7 Å². The molecule has 1 aromatic heterocycles. The van der Waals surface area contributed by atoms with Crippen LogP contribution >= 0.6 is 0 Å². The molecule has 0 aliphatic carbocycles. The molecule has 2 aliphatic heterocycles. The first-order valence-corrected chi connectivity index (χ1v) is 8.61. The first kappa shape index (κ1) is 12.9. The molecule has 2 atom stereocenters. The van der Waals surface area contributed by atoms with Crippen molar-refractivity contribution in [2.45, 2.75) is 13.0 Å². The summed E-state index contributed by atoms with van der Waals surface area (Å²) < 4.78 is 24.7. The second-order valence-electron chi connectivity index (χ2n) is 5.57. The van der Waals surface area contributed by atoms with Crippen LogP contribution in [0.5, 0.6) is 0 Å². The van der Waals surface area contributed by atoms with Crippen molar-refractivity contribution in [3.63, 3.8) is 0 Å². The molecule has 106 valence electrons. The maximum Gasteiger partial charge on any atom is 0.150 e. The van der Waals surface area contributed by atoms with Gasteiger partial charge in [-0.05, 0) is 18.9 Å². The summed E-state index contributed by atoms with van der Waals surface area (Å²) in [6, 6.07) is 1.98. The monoisotopic (exact) mass is 284 g/mol. The highest BCUT2D eigenvalue weighted by Gasteiger charge is 2.27. The Labute approximate surface area is 113 Å². The van der Waals surface area contributed by atoms with Crippen LogP contribution < -0.4 is 10.6 Å². The van der Waals surface area contributed by atoms with Crippen molar-refractivity contribution >= 4 is 15.7 Å². The number of anilines is 1. The molecule has 3 heterocycles. The molecule has 0 saturated carbocycles. The molecule has 2 aliphatic rings. The number of sulfone groups is 1. The molecule has 0 amide bonds. The fourth-order valence-corrected chi connectivity index (χ4v) is 4.71. The lowest BCUT2D eigenvalue weighted by Crippen LogP contribution is -2.37. The second-order valence-corrected chi connectivity index (χ2v) is 7.80. The van der Waals surface area contributed by atoms with Crippen LogP contribution in [0.4, 0.5) is 5.82 Å². The van der Waals surface area contributed by atoms with Crippen molar-refractivity contribution < 1.29 is 8.42 Å². The minimum absolute atomic E-state index is 0.293. The summed E-state index contributed by atoms with van der Waals surface area (Å²) in [6.45, 7) is 3.58. The smallest absolute Gasteiger partial charge is 0.150 e. The van der Waals surface area contributed by atoms with Gasteiger partial charge in [-0.1, -0.05) is 0 Å². The predicted octanol–water partition coefficient (Wildman–Crippen LogP) is -0.0509. The topological polar surface area (TPSA) is 76.0 Å². The Kier molecular flexibility index (Phi) is 3.49. The van der Waals surface area contributed by atoms with Crippen LogP contribution in [0.1, 0.15) is 6.42 Å². The zero-order valence-electron chi connectivity index (χ0n) is 10.9. The van der Waals surface area contributed by atoms with Crippen molar-refractivity contribution in [3.8, 4) is 0 Å². The van der Waals surface area contributed by atoms with Crippen LogP contribution in [0.3, 0.4) is 0 Å². The minimum atomic E-state index is -2.75. The molecule has 2 N–H and O–H groups in total. The maximum absolute atomic E-state index is 11.4. The summed E-state index contributed by atoms with van der Waals surface area (Å²) in [6.07, 6.45) is 2.61. The highest BCUT2D eigenvalue weighted by molar-refractivity contribution is 7.91. The number of aromatic nitrogens is 2. The van der Waals surface area contributed by atoms with Crippen LogP contribution in [0.2, 0.25) is 0 Å². The zero-order valence-corrected chi connectivity index (χ0v) is 11.7. The van der Waals surface area contributed by atoms with E-state index in [1.54, 1.807) is 0 Å². The fraction of sp³-hybridized carbons (Fsp3) is 0.750. The average molecular weight is 284 g/mol. The van der Waals surface area contributed by atoms with E-state index in [1.165, 1.54) is 0 Å². The molecule has 0 aromatic carbocycles. The minimum Gasteiger partial charge on any atom is -0.370 e. The summed E-state index contributed by atoms with van der Waals surface area (Å²) in [5.41, 5.74) is 0. The third kappa shape index (κ3) is 3.09. The Morgan fingerprint density at radius 3 is 3.05 bits per heavy atom. The molecule has 0 bridgehead atoms. The molecule has 19 heavy (non-hydrogen) atoms. The molecule has 1 aromatic rings. The van der Waals surface area contributed by atoms with Gasteiger partial charge in [0.25, 0.3) is 0 Å². The van der Waals surface area contributed by atoms with Gasteiger partial charge in [0.2, 0.25) is 0 Å². The number of hydrogen-bond acceptors (Lipinski definition) is 5. The Bertz CT molecular complexity index is 540. The normalized spacial score (nSPS) is 28.8. The van der Waals surface area contributed by atoms with E-state index < -0.39 is 9.84 Å². The van der Waals surface area contributed by atoms with E-state index in [0.29, 0.717) is 23.3 Å². The molecule has 6 nitrogen and oxygen atoms in total. The molecule has 7 heteroatoms. The van der Waals surface area contributed by atoms with E-state index in [0.717, 1.165) is 38.4 Å². The number of rotatable bonds is 4. The van der Waals surface area contributed by atoms with Crippen molar-refractivity contribution in [2.24, 2.45) is 11.8 Å². The average Bonchev–Trinajstić information content (AvgIpc) is 2.95. The number of nitrogens with zero attached hydrogens (tertiary/aromatic N) is 2. The summed E-state index contributed by atoms with van der Waals surface area (Å²) in [5.74, 6) is 2.60. The lowest BCUT2D eigenvalue weighted by atomic mass is 10.1. The summed E-state index contributed by atoms with van der Waals surface area (Å²) >= 11 is 0. The third-order valence-electron chi connectivity index (χ3n) is 3.91. The van der Waals surface area contributed by atoms with Crippen LogP contribution in [0.25, 0.3) is 0 Å². The first-order valence-electron chi connectivity index (χ1n) is 6.79. The van der Waals surface area contributed by atoms with Crippen LogP contribution in [0, 0.1) is 11.8 Å². The number of fused-ring (bicyclic) bond motifs is 1. The van der Waals surface area contributed by atoms with Gasteiger partial charge in [-0.15, -0.1) is 0 Å². The van der Waals surface area contributed by atoms with Crippen molar-refractivity contribution in [1.29, 1.82) is 0 Å². The van der Waals surface area contributed by atoms with E-state index in [2.05, 4.69) is 15.7 Å². The Balaban J connectivity index is 1.42. The molecule has 2 unspecified atom stereocenters. The number of hydrogen-bond donors (Lipinski definition) is 2. The molecular weight excluding hydrogens is 264 g/mol. The van der Waals surface area contributed by atoms with Gasteiger partial charge in [0.15, 0.2) is 9.84 Å². The van der Waals surface area contributed by atoms with E-state index >= 15 is 0 Å². The lowest BCUT2D eigenvalue weighted by Gasteiger charge is -2.25. The van der Waals surface area contributed by atoms with Crippen molar-refractivity contribution in [3.05, 3.63) is 12.3 Å². The highest BCUT2D eigenvalue weighted by atomic mass is 32.2. The van der Waals surface area contributed by atoms with Crippen LogP contribution in [-0.4, -0.2) is 49.3 Å². The Morgan fingerprint density at radius 1 is 1.42 bits per heavy atom. The SMILES string of the molecule is O=S1(=O)CCC(CNCC2CNc3ccnn3C2)C1. The molecule has 3 rings (SSSR count). The lowest BCUT2D eigenvalue weighted by molar-refractivity contribution is 0.379. The summed E-state index contributed by atoms with van der Waals surface area (Å²) in [4.78, 5) is 0. The highest BCUT2D eigenvalue weighted by Crippen LogP contribution is 2.18. The maximum atomic E-state index is 11.4. The number of nitrogens with one attached hydrogen (secondary N) is 2. The quantitative estimate of drug-likeness (QED) is 0.811. The second kappa shape index (κ2) is 5.13. The molecular formula is C12H20N4O2S. The third-order valence-corrected chi connectivity index (χ3v) is 5.75. The molecule has 0 spiro atoms. The van der Waals surface area contributed by atoms with Gasteiger partial charge in [0, 0.05) is 31.6 Å². The van der Waals surface area contributed by atoms with Gasteiger partial charge in [-0.25, -0.2) is 13.1 Å². The Hall–Kier alpha value is -1.08. The van der Waals surface area contributed by atoms with Gasteiger partial charge in [-0.3, -0.25) is 0 Å². The Morgan fingerprint density at radius 2 is 2.26 bits per heavy atom. The summed E-state index contributed by atoms with van der Waals surface area (Å²) in [7, 11) is -2.75. The van der Waals surface area contributed by atoms with Gasteiger partial charge >= 0.3 is 0 Å². The predicted molar refractivity (Wildman–Crippen MR) is 73.8 cm³/mol. The van der Waals surface area contributed by atoms with E-state index in [-0.39, 0.29) is 0 Å². The van der Waals surface area contributed by atoms with Gasteiger partial charge in [-0.2, -0.15) is 5.10 Å². The van der Waals surface area contributed by atoms with E-state index in [1.807, 2.05) is 16.9 Å². The largest absolute Gasteiger partial charge is 0.370 e. The summed E-state index contributed by atoms with van der Waals surface area (Å²) in [5, 5.41) is 11.0. The van der Waals surface area contributed by atoms with Gasteiger partial charge < -0.3 is 10.6 Å². The van der Waals surface area contributed by atoms with Gasteiger partial charge in [0.1, 0.15) is 5.82 Å². The van der Waals surface area contributed by atoms with Crippen molar-refractivity contribution in [2.75, 3.05) is 36.5 Å². The van der Waals surface area contributed by atoms with E-state index in [4.69, 9.17) is 0 Å². The molecule has 0 radical (unpaired) electrons. The molecule has 1 saturated heterocycles. The van der Waals surface area contributed by atoms with Crippen LogP contribution in [0.15, 0.2) is 12.3 Å². The van der Waals surface area contributed by atoms with Crippen molar-refractivity contribution in [1.82, 2.24) is 15.1 Å².